The molecule has 1 aliphatic heterocycles. The Hall–Kier alpha value is -2.88. The summed E-state index contributed by atoms with van der Waals surface area (Å²) in [5.41, 5.74) is 3.84. The number of nitrogens with two attached hydrogens (primary N) is 1. The molecular weight excluding hydrogens is 490 g/mol. The molecule has 1 aliphatic rings. The number of ether oxygens (including phenoxy) is 2. The Morgan fingerprint density at radius 3 is 2.94 bits per heavy atom. The first-order valence-corrected chi connectivity index (χ1v) is 12.5. The number of nitrogen functional groups attached to an aromatic ring is 1. The van der Waals surface area contributed by atoms with E-state index >= 15 is 0 Å². The molecular formula is C20H22FN4O7PS. The molecule has 1 aromatic carbocycles. The summed E-state index contributed by atoms with van der Waals surface area (Å²) in [4.78, 5) is 27.5. The van der Waals surface area contributed by atoms with Gasteiger partial charge >= 0.3 is 19.4 Å². The van der Waals surface area contributed by atoms with Crippen LogP contribution in [-0.2, 0) is 23.4 Å². The van der Waals surface area contributed by atoms with Crippen LogP contribution >= 0.6 is 19.5 Å². The van der Waals surface area contributed by atoms with Crippen molar-refractivity contribution in [1.82, 2.24) is 14.6 Å². The smallest absolute Gasteiger partial charge is 0.451 e. The molecule has 1 saturated heterocycles. The lowest BCUT2D eigenvalue weighted by Crippen LogP contribution is -2.35. The van der Waals surface area contributed by atoms with Gasteiger partial charge in [0.1, 0.15) is 23.5 Å². The van der Waals surface area contributed by atoms with Crippen molar-refractivity contribution in [3.05, 3.63) is 52.8 Å². The lowest BCUT2D eigenvalue weighted by molar-refractivity contribution is -0.143. The van der Waals surface area contributed by atoms with Gasteiger partial charge in [0, 0.05) is 5.75 Å². The number of esters is 1. The van der Waals surface area contributed by atoms with Crippen LogP contribution < -0.4 is 21.0 Å². The van der Waals surface area contributed by atoms with Crippen molar-refractivity contribution >= 4 is 31.3 Å². The van der Waals surface area contributed by atoms with Gasteiger partial charge < -0.3 is 19.7 Å². The number of terminal acetylenes is 1. The van der Waals surface area contributed by atoms with E-state index < -0.39 is 48.7 Å². The van der Waals surface area contributed by atoms with Crippen LogP contribution in [-0.4, -0.2) is 46.0 Å². The molecule has 0 bridgehead atoms. The first kappa shape index (κ1) is 25.7. The summed E-state index contributed by atoms with van der Waals surface area (Å²) >= 11 is 1.24. The SMILES string of the molecule is C#CCOC(=O)[C@H](C)N[P@](=O)(OC[C@@H]1O[C@H](n2cc(F)c(N)nc2=O)CS1)Oc1ccccc1. The molecule has 0 aliphatic carbocycles. The van der Waals surface area contributed by atoms with E-state index in [2.05, 4.69) is 16.0 Å². The van der Waals surface area contributed by atoms with Gasteiger partial charge in [-0.05, 0) is 19.1 Å². The predicted molar refractivity (Wildman–Crippen MR) is 122 cm³/mol. The van der Waals surface area contributed by atoms with E-state index in [4.69, 9.17) is 30.7 Å². The van der Waals surface area contributed by atoms with Gasteiger partial charge in [0.2, 0.25) is 0 Å². The maximum atomic E-state index is 13.7. The van der Waals surface area contributed by atoms with Gasteiger partial charge in [-0.1, -0.05) is 24.1 Å². The van der Waals surface area contributed by atoms with E-state index in [1.54, 1.807) is 30.3 Å². The third-order valence-corrected chi connectivity index (χ3v) is 7.07. The Bertz CT molecular complexity index is 1160. The van der Waals surface area contributed by atoms with E-state index in [0.29, 0.717) is 0 Å². The summed E-state index contributed by atoms with van der Waals surface area (Å²) in [6.07, 6.45) is 5.15. The molecule has 0 unspecified atom stereocenters. The van der Waals surface area contributed by atoms with Crippen molar-refractivity contribution in [1.29, 1.82) is 0 Å². The third kappa shape index (κ3) is 6.82. The Morgan fingerprint density at radius 1 is 1.50 bits per heavy atom. The number of carbonyl (C=O) groups is 1. The van der Waals surface area contributed by atoms with E-state index in [-0.39, 0.29) is 24.7 Å². The summed E-state index contributed by atoms with van der Waals surface area (Å²) < 4.78 is 49.7. The fraction of sp³-hybridized carbons (Fsp3) is 0.350. The minimum atomic E-state index is -4.10. The van der Waals surface area contributed by atoms with Crippen LogP contribution in [0.25, 0.3) is 0 Å². The number of benzene rings is 1. The van der Waals surface area contributed by atoms with Crippen LogP contribution in [0.15, 0.2) is 41.3 Å². The number of thioether (sulfide) groups is 1. The fourth-order valence-corrected chi connectivity index (χ4v) is 5.32. The molecule has 0 radical (unpaired) electrons. The van der Waals surface area contributed by atoms with Gasteiger partial charge in [-0.25, -0.2) is 13.8 Å². The first-order valence-electron chi connectivity index (χ1n) is 9.89. The average molecular weight is 512 g/mol. The largest absolute Gasteiger partial charge is 0.459 e. The van der Waals surface area contributed by atoms with Crippen LogP contribution in [0.4, 0.5) is 10.2 Å². The zero-order chi connectivity index (χ0) is 24.7. The Kier molecular flexibility index (Phi) is 8.71. The number of para-hydroxylation sites is 1. The monoisotopic (exact) mass is 512 g/mol. The van der Waals surface area contributed by atoms with Crippen LogP contribution in [0.5, 0.6) is 5.75 Å². The highest BCUT2D eigenvalue weighted by Gasteiger charge is 2.36. The highest BCUT2D eigenvalue weighted by Crippen LogP contribution is 2.46. The van der Waals surface area contributed by atoms with E-state index in [1.165, 1.54) is 18.7 Å². The van der Waals surface area contributed by atoms with Crippen molar-refractivity contribution < 1.29 is 32.3 Å². The molecule has 0 saturated carbocycles. The summed E-state index contributed by atoms with van der Waals surface area (Å²) in [5.74, 6) is 0.553. The zero-order valence-corrected chi connectivity index (χ0v) is 19.7. The standard InChI is InChI=1S/C20H22FN4O7PS/c1-3-9-29-19(26)13(2)24-33(28,32-14-7-5-4-6-8-14)30-11-17-31-16(12-34-17)25-10-15(21)18(22)23-20(25)27/h1,4-8,10,13,16-17H,9,11-12H2,2H3,(H,24,28)(H2,22,23,27)/t13-,16-,17+,33-/m0/s1. The number of halogens is 1. The van der Waals surface area contributed by atoms with Gasteiger partial charge in [0.05, 0.1) is 12.8 Å². The van der Waals surface area contributed by atoms with Crippen molar-refractivity contribution in [3.63, 3.8) is 0 Å². The van der Waals surface area contributed by atoms with Crippen molar-refractivity contribution in [2.45, 2.75) is 24.6 Å². The Morgan fingerprint density at radius 2 is 2.24 bits per heavy atom. The second kappa shape index (κ2) is 11.5. The molecule has 2 heterocycles. The van der Waals surface area contributed by atoms with Crippen LogP contribution in [0.2, 0.25) is 0 Å². The minimum absolute atomic E-state index is 0.232. The third-order valence-electron chi connectivity index (χ3n) is 4.33. The summed E-state index contributed by atoms with van der Waals surface area (Å²) in [7, 11) is -4.10. The number of carbonyl (C=O) groups excluding carboxylic acids is 1. The lowest BCUT2D eigenvalue weighted by Gasteiger charge is -2.23. The van der Waals surface area contributed by atoms with E-state index in [1.807, 2.05) is 0 Å². The van der Waals surface area contributed by atoms with Crippen molar-refractivity contribution in [2.75, 3.05) is 24.7 Å². The number of rotatable bonds is 10. The number of hydrogen-bond acceptors (Lipinski definition) is 10. The maximum Gasteiger partial charge on any atom is 0.459 e. The fourth-order valence-electron chi connectivity index (χ4n) is 2.74. The Balaban J connectivity index is 1.67. The molecule has 3 N–H and O–H groups in total. The van der Waals surface area contributed by atoms with Gasteiger partial charge in [0.25, 0.3) is 0 Å². The minimum Gasteiger partial charge on any atom is -0.451 e. The first-order chi connectivity index (χ1) is 16.2. The normalized spacial score (nSPS) is 20.1. The summed E-state index contributed by atoms with van der Waals surface area (Å²) in [6, 6.07) is 7.13. The quantitative estimate of drug-likeness (QED) is 0.274. The molecule has 2 aromatic rings. The molecule has 0 spiro atoms. The van der Waals surface area contributed by atoms with Gasteiger partial charge in [0.15, 0.2) is 18.2 Å². The van der Waals surface area contributed by atoms with Crippen LogP contribution in [0.3, 0.4) is 0 Å². The maximum absolute atomic E-state index is 13.7. The summed E-state index contributed by atoms with van der Waals surface area (Å²) in [5, 5.41) is 2.51. The molecule has 0 amide bonds. The zero-order valence-electron chi connectivity index (χ0n) is 18.0. The second-order valence-electron chi connectivity index (χ2n) is 6.88. The Labute approximate surface area is 198 Å². The molecule has 34 heavy (non-hydrogen) atoms. The molecule has 11 nitrogen and oxygen atoms in total. The van der Waals surface area contributed by atoms with E-state index in [9.17, 15) is 18.5 Å². The number of anilines is 1. The molecule has 4 atom stereocenters. The number of aromatic nitrogens is 2. The molecule has 14 heteroatoms. The average Bonchev–Trinajstić information content (AvgIpc) is 3.28. The molecule has 3 rings (SSSR count). The highest BCUT2D eigenvalue weighted by molar-refractivity contribution is 8.00. The summed E-state index contributed by atoms with van der Waals surface area (Å²) in [6.45, 7) is 0.919. The van der Waals surface area contributed by atoms with Gasteiger partial charge in [-0.2, -0.15) is 10.1 Å². The van der Waals surface area contributed by atoms with Crippen LogP contribution in [0, 0.1) is 18.2 Å². The lowest BCUT2D eigenvalue weighted by atomic mass is 10.3. The molecule has 182 valence electrons. The molecule has 1 fully saturated rings. The number of nitrogens with zero attached hydrogens (tertiary/aromatic N) is 2. The van der Waals surface area contributed by atoms with Crippen LogP contribution in [0.1, 0.15) is 13.2 Å². The van der Waals surface area contributed by atoms with Gasteiger partial charge in [-0.15, -0.1) is 18.2 Å². The number of hydrogen-bond donors (Lipinski definition) is 2. The van der Waals surface area contributed by atoms with Crippen molar-refractivity contribution in [3.8, 4) is 18.1 Å². The molecule has 1 aromatic heterocycles. The van der Waals surface area contributed by atoms with Crippen molar-refractivity contribution in [2.24, 2.45) is 0 Å². The second-order valence-corrected chi connectivity index (χ2v) is 9.76. The number of nitrogens with one attached hydrogen (secondary N) is 1. The predicted octanol–water partition coefficient (Wildman–Crippen LogP) is 1.91. The van der Waals surface area contributed by atoms with Gasteiger partial charge in [-0.3, -0.25) is 13.9 Å². The highest BCUT2D eigenvalue weighted by atomic mass is 32.2. The topological polar surface area (TPSA) is 144 Å². The van der Waals surface area contributed by atoms with E-state index in [0.717, 1.165) is 10.8 Å².